The topological polar surface area (TPSA) is 104 Å². The fourth-order valence-corrected chi connectivity index (χ4v) is 2.64. The highest BCUT2D eigenvalue weighted by Crippen LogP contribution is 2.30. The van der Waals surface area contributed by atoms with Gasteiger partial charge in [0.2, 0.25) is 0 Å². The summed E-state index contributed by atoms with van der Waals surface area (Å²) in [5.41, 5.74) is 0.312. The molecule has 0 saturated heterocycles. The number of phenols is 2. The van der Waals surface area contributed by atoms with Crippen LogP contribution in [0.25, 0.3) is 6.08 Å². The smallest absolute Gasteiger partial charge is 0.342 e. The highest BCUT2D eigenvalue weighted by atomic mass is 16.5. The maximum Gasteiger partial charge on any atom is 0.342 e. The van der Waals surface area contributed by atoms with Crippen molar-refractivity contribution in [1.29, 1.82) is 0 Å². The number of carbonyl (C=O) groups excluding carboxylic acids is 2. The Balaban J connectivity index is 2.34. The molecule has 2 rings (SSSR count). The molecule has 1 aliphatic heterocycles. The van der Waals surface area contributed by atoms with Gasteiger partial charge in [-0.15, -0.1) is 0 Å². The number of Topliss-reactive ketones (excluding diaryl/α,β-unsaturated/α-hetero) is 1. The molecule has 0 saturated carbocycles. The van der Waals surface area contributed by atoms with E-state index in [9.17, 15) is 24.9 Å². The van der Waals surface area contributed by atoms with Crippen molar-refractivity contribution in [2.24, 2.45) is 0 Å². The molecule has 3 N–H and O–H groups in total. The van der Waals surface area contributed by atoms with Crippen LogP contribution < -0.4 is 0 Å². The molecule has 0 spiro atoms. The Morgan fingerprint density at radius 2 is 1.92 bits per heavy atom. The fraction of sp³-hybridized carbons (Fsp3) is 0.444. The van der Waals surface area contributed by atoms with Gasteiger partial charge in [-0.25, -0.2) is 4.79 Å². The molecule has 1 heterocycles. The third-order valence-corrected chi connectivity index (χ3v) is 3.95. The molecular formula is C18H22O6. The Labute approximate surface area is 140 Å². The first-order chi connectivity index (χ1) is 11.4. The third kappa shape index (κ3) is 4.58. The number of esters is 1. The maximum absolute atomic E-state index is 12.3. The van der Waals surface area contributed by atoms with Crippen LogP contribution in [0.1, 0.15) is 54.9 Å². The van der Waals surface area contributed by atoms with Crippen LogP contribution in [0.4, 0.5) is 0 Å². The van der Waals surface area contributed by atoms with Crippen LogP contribution in [0.3, 0.4) is 0 Å². The minimum Gasteiger partial charge on any atom is -0.508 e. The molecule has 1 aromatic rings. The van der Waals surface area contributed by atoms with Crippen LogP contribution in [0.5, 0.6) is 11.5 Å². The number of benzene rings is 1. The van der Waals surface area contributed by atoms with Crippen LogP contribution in [0, 0.1) is 0 Å². The van der Waals surface area contributed by atoms with Crippen molar-refractivity contribution in [3.8, 4) is 11.5 Å². The van der Waals surface area contributed by atoms with Crippen molar-refractivity contribution in [2.45, 2.75) is 51.2 Å². The molecular weight excluding hydrogens is 312 g/mol. The predicted molar refractivity (Wildman–Crippen MR) is 87.8 cm³/mol. The Kier molecular flexibility index (Phi) is 5.98. The van der Waals surface area contributed by atoms with E-state index in [1.807, 2.05) is 0 Å². The van der Waals surface area contributed by atoms with Crippen LogP contribution >= 0.6 is 0 Å². The molecule has 130 valence electrons. The van der Waals surface area contributed by atoms with Gasteiger partial charge in [0.05, 0.1) is 6.10 Å². The van der Waals surface area contributed by atoms with E-state index in [0.29, 0.717) is 24.8 Å². The second kappa shape index (κ2) is 7.97. The number of ketones is 1. The van der Waals surface area contributed by atoms with Gasteiger partial charge in [-0.1, -0.05) is 12.2 Å². The summed E-state index contributed by atoms with van der Waals surface area (Å²) in [5, 5.41) is 29.5. The van der Waals surface area contributed by atoms with Gasteiger partial charge in [-0.05, 0) is 44.2 Å². The Morgan fingerprint density at radius 1 is 1.17 bits per heavy atom. The number of fused-ring (bicyclic) bond motifs is 1. The van der Waals surface area contributed by atoms with Crippen molar-refractivity contribution < 1.29 is 29.6 Å². The molecule has 24 heavy (non-hydrogen) atoms. The molecule has 0 aliphatic carbocycles. The second-order valence-corrected chi connectivity index (χ2v) is 6.00. The maximum atomic E-state index is 12.3. The normalized spacial score (nSPS) is 23.2. The molecule has 0 radical (unpaired) electrons. The zero-order valence-electron chi connectivity index (χ0n) is 13.6. The van der Waals surface area contributed by atoms with E-state index in [1.165, 1.54) is 6.07 Å². The van der Waals surface area contributed by atoms with Crippen molar-refractivity contribution in [3.05, 3.63) is 29.3 Å². The third-order valence-electron chi connectivity index (χ3n) is 3.95. The van der Waals surface area contributed by atoms with Gasteiger partial charge < -0.3 is 20.1 Å². The van der Waals surface area contributed by atoms with E-state index in [0.717, 1.165) is 6.07 Å². The SMILES string of the molecule is C[C@H]1CCCC(=O)[C@H](O)CCC=Cc2cc(O)cc(O)c2C(=O)O1. The highest BCUT2D eigenvalue weighted by molar-refractivity contribution is 5.97. The highest BCUT2D eigenvalue weighted by Gasteiger charge is 2.21. The number of aromatic hydroxyl groups is 2. The zero-order chi connectivity index (χ0) is 17.7. The zero-order valence-corrected chi connectivity index (χ0v) is 13.6. The standard InChI is InChI=1S/C18H22O6/c1-11-5-4-8-15(21)14(20)7-3-2-6-12-9-13(19)10-16(22)17(12)18(23)24-11/h2,6,9-11,14,19-20,22H,3-5,7-8H2,1H3/t11-,14+/m0/s1. The van der Waals surface area contributed by atoms with Crippen LogP contribution in [-0.4, -0.2) is 39.3 Å². The number of hydrogen-bond donors (Lipinski definition) is 3. The molecule has 0 fully saturated rings. The Hall–Kier alpha value is -2.34. The largest absolute Gasteiger partial charge is 0.508 e. The van der Waals surface area contributed by atoms with E-state index in [2.05, 4.69) is 0 Å². The van der Waals surface area contributed by atoms with E-state index in [1.54, 1.807) is 19.1 Å². The molecule has 1 aromatic carbocycles. The summed E-state index contributed by atoms with van der Waals surface area (Å²) in [7, 11) is 0. The molecule has 2 atom stereocenters. The van der Waals surface area contributed by atoms with Gasteiger partial charge in [-0.3, -0.25) is 4.79 Å². The summed E-state index contributed by atoms with van der Waals surface area (Å²) in [5.74, 6) is -1.42. The predicted octanol–water partition coefficient (Wildman–Crippen LogP) is 2.55. The van der Waals surface area contributed by atoms with Crippen molar-refractivity contribution in [2.75, 3.05) is 0 Å². The average Bonchev–Trinajstić information content (AvgIpc) is 2.49. The molecule has 6 nitrogen and oxygen atoms in total. The summed E-state index contributed by atoms with van der Waals surface area (Å²) >= 11 is 0. The minimum absolute atomic E-state index is 0.00964. The number of allylic oxidation sites excluding steroid dienone is 1. The van der Waals surface area contributed by atoms with Gasteiger partial charge in [-0.2, -0.15) is 0 Å². The van der Waals surface area contributed by atoms with E-state index in [4.69, 9.17) is 4.74 Å². The summed E-state index contributed by atoms with van der Waals surface area (Å²) in [4.78, 5) is 24.1. The molecule has 6 heteroatoms. The lowest BCUT2D eigenvalue weighted by Gasteiger charge is -2.16. The molecule has 0 aromatic heterocycles. The number of carbonyl (C=O) groups is 2. The summed E-state index contributed by atoms with van der Waals surface area (Å²) in [6, 6.07) is 2.44. The number of cyclic esters (lactones) is 1. The second-order valence-electron chi connectivity index (χ2n) is 6.00. The minimum atomic E-state index is -1.01. The Bertz CT molecular complexity index is 649. The first-order valence-corrected chi connectivity index (χ1v) is 8.02. The molecule has 1 aliphatic rings. The van der Waals surface area contributed by atoms with E-state index in [-0.39, 0.29) is 35.7 Å². The first-order valence-electron chi connectivity index (χ1n) is 8.02. The molecule has 0 unspecified atom stereocenters. The lowest BCUT2D eigenvalue weighted by Crippen LogP contribution is -2.21. The number of aliphatic hydroxyl groups is 1. The quantitative estimate of drug-likeness (QED) is 0.630. The van der Waals surface area contributed by atoms with Crippen LogP contribution in [0.2, 0.25) is 0 Å². The molecule has 0 bridgehead atoms. The van der Waals surface area contributed by atoms with Gasteiger partial charge >= 0.3 is 5.97 Å². The molecule has 0 amide bonds. The van der Waals surface area contributed by atoms with Crippen LogP contribution in [0.15, 0.2) is 18.2 Å². The number of ether oxygens (including phenoxy) is 1. The van der Waals surface area contributed by atoms with Gasteiger partial charge in [0.25, 0.3) is 0 Å². The van der Waals surface area contributed by atoms with Gasteiger partial charge in [0.15, 0.2) is 5.78 Å². The number of phenolic OH excluding ortho intramolecular Hbond substituents is 2. The monoisotopic (exact) mass is 334 g/mol. The van der Waals surface area contributed by atoms with Gasteiger partial charge in [0.1, 0.15) is 23.2 Å². The lowest BCUT2D eigenvalue weighted by molar-refractivity contribution is -0.127. The fourth-order valence-electron chi connectivity index (χ4n) is 2.64. The number of rotatable bonds is 0. The summed E-state index contributed by atoms with van der Waals surface area (Å²) in [6.07, 6.45) is 3.73. The van der Waals surface area contributed by atoms with E-state index < -0.39 is 18.2 Å². The van der Waals surface area contributed by atoms with Crippen molar-refractivity contribution in [1.82, 2.24) is 0 Å². The lowest BCUT2D eigenvalue weighted by atomic mass is 10.0. The van der Waals surface area contributed by atoms with Crippen molar-refractivity contribution in [3.63, 3.8) is 0 Å². The van der Waals surface area contributed by atoms with E-state index >= 15 is 0 Å². The number of aliphatic hydroxyl groups excluding tert-OH is 1. The van der Waals surface area contributed by atoms with Crippen molar-refractivity contribution >= 4 is 17.8 Å². The summed E-state index contributed by atoms with van der Waals surface area (Å²) in [6.45, 7) is 1.71. The average molecular weight is 334 g/mol. The number of hydrogen-bond acceptors (Lipinski definition) is 6. The van der Waals surface area contributed by atoms with Crippen LogP contribution in [-0.2, 0) is 9.53 Å². The first kappa shape index (κ1) is 18.0. The summed E-state index contributed by atoms with van der Waals surface area (Å²) < 4.78 is 5.32. The van der Waals surface area contributed by atoms with Gasteiger partial charge in [0, 0.05) is 12.5 Å². The Morgan fingerprint density at radius 3 is 2.67 bits per heavy atom.